The second-order valence-electron chi connectivity index (χ2n) is 3.10. The van der Waals surface area contributed by atoms with E-state index >= 15 is 0 Å². The maximum atomic E-state index is 12.6. The van der Waals surface area contributed by atoms with Gasteiger partial charge in [-0.15, -0.1) is 0 Å². The molecule has 0 fully saturated rings. The molecule has 0 aliphatic rings. The fourth-order valence-corrected chi connectivity index (χ4v) is 1.18. The van der Waals surface area contributed by atoms with Crippen molar-refractivity contribution in [2.24, 2.45) is 0 Å². The van der Waals surface area contributed by atoms with E-state index in [-0.39, 0.29) is 16.8 Å². The second kappa shape index (κ2) is 7.43. The Labute approximate surface area is 99.8 Å². The van der Waals surface area contributed by atoms with Crippen molar-refractivity contribution in [2.75, 3.05) is 0 Å². The minimum absolute atomic E-state index is 0. The lowest BCUT2D eigenvalue weighted by Crippen LogP contribution is -2.19. The lowest BCUT2D eigenvalue weighted by atomic mass is 9.88. The van der Waals surface area contributed by atoms with E-state index < -0.39 is 0 Å². The summed E-state index contributed by atoms with van der Waals surface area (Å²) in [4.78, 5) is 0. The van der Waals surface area contributed by atoms with E-state index in [1.165, 1.54) is 12.1 Å². The van der Waals surface area contributed by atoms with E-state index in [0.717, 1.165) is 5.46 Å². The summed E-state index contributed by atoms with van der Waals surface area (Å²) in [6, 6.07) is 15.6. The molecule has 0 heterocycles. The topological polar surface area (TPSA) is 72.2 Å². The van der Waals surface area contributed by atoms with Gasteiger partial charge in [0.2, 0.25) is 0 Å². The first-order valence-electron chi connectivity index (χ1n) is 4.65. The summed E-state index contributed by atoms with van der Waals surface area (Å²) in [6.45, 7) is 0. The van der Waals surface area contributed by atoms with Gasteiger partial charge in [0, 0.05) is 0 Å². The van der Waals surface area contributed by atoms with Crippen LogP contribution in [0.1, 0.15) is 0 Å². The van der Waals surface area contributed by atoms with Crippen LogP contribution in [0.25, 0.3) is 0 Å². The van der Waals surface area contributed by atoms with Crippen molar-refractivity contribution in [1.82, 2.24) is 0 Å². The smallest absolute Gasteiger partial charge is 0.408 e. The van der Waals surface area contributed by atoms with Gasteiger partial charge in [-0.25, -0.2) is 4.39 Å². The molecule has 0 aromatic heterocycles. The number of benzene rings is 2. The standard InChI is InChI=1S/C12H9BFO.2H2O/c14-11-6-8-12(9-7-11)15-13-10-4-2-1-3-5-10;;/h1-9H;2*1H2. The molecule has 2 aromatic carbocycles. The van der Waals surface area contributed by atoms with Gasteiger partial charge in [-0.3, -0.25) is 0 Å². The average Bonchev–Trinajstić information content (AvgIpc) is 2.30. The molecule has 2 rings (SSSR count). The van der Waals surface area contributed by atoms with Crippen LogP contribution < -0.4 is 10.1 Å². The van der Waals surface area contributed by atoms with Crippen LogP contribution in [0.3, 0.4) is 0 Å². The highest BCUT2D eigenvalue weighted by Crippen LogP contribution is 2.09. The Hall–Kier alpha value is -1.85. The summed E-state index contributed by atoms with van der Waals surface area (Å²) in [6.07, 6.45) is 0. The molecule has 3 nitrogen and oxygen atoms in total. The average molecular weight is 235 g/mol. The zero-order valence-corrected chi connectivity index (χ0v) is 9.06. The molecule has 0 spiro atoms. The molecule has 0 atom stereocenters. The molecular weight excluding hydrogens is 222 g/mol. The fourth-order valence-electron chi connectivity index (χ4n) is 1.18. The third-order valence-electron chi connectivity index (χ3n) is 1.94. The van der Waals surface area contributed by atoms with Crippen LogP contribution >= 0.6 is 0 Å². The van der Waals surface area contributed by atoms with E-state index in [0.29, 0.717) is 5.75 Å². The Bertz CT molecular complexity index is 420. The van der Waals surface area contributed by atoms with Crippen molar-refractivity contribution in [2.45, 2.75) is 0 Å². The molecule has 0 amide bonds. The van der Waals surface area contributed by atoms with Gasteiger partial charge < -0.3 is 15.6 Å². The molecule has 0 unspecified atom stereocenters. The molecule has 89 valence electrons. The highest BCUT2D eigenvalue weighted by molar-refractivity contribution is 6.47. The van der Waals surface area contributed by atoms with Crippen LogP contribution in [-0.2, 0) is 0 Å². The molecule has 4 N–H and O–H groups in total. The van der Waals surface area contributed by atoms with Crippen LogP contribution in [0, 0.1) is 5.82 Å². The fraction of sp³-hybridized carbons (Fsp3) is 0. The van der Waals surface area contributed by atoms with Crippen molar-refractivity contribution in [3.63, 3.8) is 0 Å². The van der Waals surface area contributed by atoms with Crippen molar-refractivity contribution < 1.29 is 20.0 Å². The number of hydrogen-bond acceptors (Lipinski definition) is 1. The van der Waals surface area contributed by atoms with E-state index in [1.54, 1.807) is 19.6 Å². The van der Waals surface area contributed by atoms with Gasteiger partial charge in [0.1, 0.15) is 5.82 Å². The highest BCUT2D eigenvalue weighted by atomic mass is 19.1. The number of halogens is 1. The van der Waals surface area contributed by atoms with Gasteiger partial charge in [-0.2, -0.15) is 0 Å². The summed E-state index contributed by atoms with van der Waals surface area (Å²) < 4.78 is 17.9. The van der Waals surface area contributed by atoms with Gasteiger partial charge in [0.05, 0.1) is 5.75 Å². The van der Waals surface area contributed by atoms with Gasteiger partial charge in [0.25, 0.3) is 0 Å². The summed E-state index contributed by atoms with van der Waals surface area (Å²) in [5.41, 5.74) is 0.974. The molecule has 0 aliphatic carbocycles. The Morgan fingerprint density at radius 3 is 2.00 bits per heavy atom. The summed E-state index contributed by atoms with van der Waals surface area (Å²) >= 11 is 0. The van der Waals surface area contributed by atoms with E-state index in [9.17, 15) is 4.39 Å². The predicted octanol–water partition coefficient (Wildman–Crippen LogP) is 0.500. The lowest BCUT2D eigenvalue weighted by Gasteiger charge is -2.03. The van der Waals surface area contributed by atoms with Crippen molar-refractivity contribution in [1.29, 1.82) is 0 Å². The molecule has 1 radical (unpaired) electrons. The summed E-state index contributed by atoms with van der Waals surface area (Å²) in [5, 5.41) is 0. The Balaban J connectivity index is 0.00000128. The van der Waals surface area contributed by atoms with Gasteiger partial charge in [-0.1, -0.05) is 30.3 Å². The first kappa shape index (κ1) is 15.2. The highest BCUT2D eigenvalue weighted by Gasteiger charge is 1.99. The molecule has 2 aromatic rings. The Kier molecular flexibility index (Phi) is 6.63. The van der Waals surface area contributed by atoms with Crippen LogP contribution in [0.5, 0.6) is 5.75 Å². The van der Waals surface area contributed by atoms with Crippen LogP contribution in [0.4, 0.5) is 4.39 Å². The minimum atomic E-state index is -0.262. The Morgan fingerprint density at radius 1 is 0.824 bits per heavy atom. The normalized spacial score (nSPS) is 8.53. The molecule has 0 saturated heterocycles. The zero-order chi connectivity index (χ0) is 10.5. The predicted molar refractivity (Wildman–Crippen MR) is 66.1 cm³/mol. The lowest BCUT2D eigenvalue weighted by molar-refractivity contribution is 0.591. The van der Waals surface area contributed by atoms with Crippen LogP contribution in [0.2, 0.25) is 0 Å². The minimum Gasteiger partial charge on any atom is -0.558 e. The SMILES string of the molecule is Fc1ccc(O[B]c2ccccc2)cc1.O.O. The molecule has 17 heavy (non-hydrogen) atoms. The maximum Gasteiger partial charge on any atom is 0.408 e. The number of hydrogen-bond donors (Lipinski definition) is 0. The molecule has 5 heteroatoms. The molecule has 0 saturated carbocycles. The van der Waals surface area contributed by atoms with Crippen LogP contribution in [-0.4, -0.2) is 18.4 Å². The third kappa shape index (κ3) is 4.67. The van der Waals surface area contributed by atoms with E-state index in [1.807, 2.05) is 30.3 Å². The molecule has 0 bridgehead atoms. The molecule has 0 aliphatic heterocycles. The maximum absolute atomic E-state index is 12.6. The zero-order valence-electron chi connectivity index (χ0n) is 9.06. The van der Waals surface area contributed by atoms with E-state index in [2.05, 4.69) is 0 Å². The second-order valence-corrected chi connectivity index (χ2v) is 3.10. The largest absolute Gasteiger partial charge is 0.558 e. The quantitative estimate of drug-likeness (QED) is 0.714. The summed E-state index contributed by atoms with van der Waals surface area (Å²) in [7, 11) is 1.63. The van der Waals surface area contributed by atoms with Gasteiger partial charge in [0.15, 0.2) is 0 Å². The number of rotatable bonds is 3. The first-order valence-corrected chi connectivity index (χ1v) is 4.65. The van der Waals surface area contributed by atoms with E-state index in [4.69, 9.17) is 4.65 Å². The Morgan fingerprint density at radius 2 is 1.41 bits per heavy atom. The molecular formula is C12H13BFO3. The third-order valence-corrected chi connectivity index (χ3v) is 1.94. The van der Waals surface area contributed by atoms with Crippen molar-refractivity contribution in [3.05, 3.63) is 60.4 Å². The first-order chi connectivity index (χ1) is 7.34. The van der Waals surface area contributed by atoms with Crippen molar-refractivity contribution >= 4 is 12.9 Å². The van der Waals surface area contributed by atoms with Gasteiger partial charge >= 0.3 is 7.48 Å². The van der Waals surface area contributed by atoms with Crippen molar-refractivity contribution in [3.8, 4) is 5.75 Å². The monoisotopic (exact) mass is 235 g/mol. The van der Waals surface area contributed by atoms with Gasteiger partial charge in [-0.05, 0) is 29.7 Å². The summed E-state index contributed by atoms with van der Waals surface area (Å²) in [5.74, 6) is 0.363. The van der Waals surface area contributed by atoms with Crippen LogP contribution in [0.15, 0.2) is 54.6 Å².